The predicted molar refractivity (Wildman–Crippen MR) is 60.7 cm³/mol. The largest absolute Gasteiger partial charge is 0.496 e. The molecule has 78 valence electrons. The summed E-state index contributed by atoms with van der Waals surface area (Å²) in [6, 6.07) is 5.91. The van der Waals surface area contributed by atoms with Crippen molar-refractivity contribution < 1.29 is 4.74 Å². The molecule has 1 aromatic carbocycles. The molecule has 2 nitrogen and oxygen atoms in total. The van der Waals surface area contributed by atoms with Crippen LogP contribution in [-0.2, 0) is 0 Å². The monoisotopic (exact) mass is 193 g/mol. The minimum absolute atomic E-state index is 0.575. The maximum absolute atomic E-state index is 5.71. The van der Waals surface area contributed by atoms with E-state index in [4.69, 9.17) is 10.5 Å². The normalized spacial score (nSPS) is 10.6. The van der Waals surface area contributed by atoms with Gasteiger partial charge >= 0.3 is 0 Å². The minimum atomic E-state index is 0.575. The first-order valence-corrected chi connectivity index (χ1v) is 5.16. The number of hydrogen-bond acceptors (Lipinski definition) is 2. The minimum Gasteiger partial charge on any atom is -0.496 e. The van der Waals surface area contributed by atoms with Crippen molar-refractivity contribution >= 4 is 5.69 Å². The Labute approximate surface area is 86.1 Å². The lowest BCUT2D eigenvalue weighted by Gasteiger charge is -2.16. The van der Waals surface area contributed by atoms with E-state index >= 15 is 0 Å². The fourth-order valence-electron chi connectivity index (χ4n) is 1.79. The van der Waals surface area contributed by atoms with Gasteiger partial charge in [0.15, 0.2) is 0 Å². The smallest absolute Gasteiger partial charge is 0.124 e. The summed E-state index contributed by atoms with van der Waals surface area (Å²) < 4.78 is 5.33. The van der Waals surface area contributed by atoms with Crippen molar-refractivity contribution in [2.24, 2.45) is 0 Å². The number of hydrogen-bond donors (Lipinski definition) is 1. The molecular formula is C12H19NO. The summed E-state index contributed by atoms with van der Waals surface area (Å²) in [6.07, 6.45) is 2.27. The van der Waals surface area contributed by atoms with Crippen molar-refractivity contribution in [3.05, 3.63) is 23.8 Å². The second kappa shape index (κ2) is 4.89. The van der Waals surface area contributed by atoms with Gasteiger partial charge in [-0.05, 0) is 30.4 Å². The van der Waals surface area contributed by atoms with E-state index in [0.717, 1.165) is 24.3 Å². The van der Waals surface area contributed by atoms with E-state index in [-0.39, 0.29) is 0 Å². The zero-order valence-corrected chi connectivity index (χ0v) is 9.21. The lowest BCUT2D eigenvalue weighted by Crippen LogP contribution is -2.00. The van der Waals surface area contributed by atoms with Gasteiger partial charge in [-0.25, -0.2) is 0 Å². The molecule has 1 rings (SSSR count). The Morgan fingerprint density at radius 2 is 1.93 bits per heavy atom. The number of nitrogens with two attached hydrogens (primary N) is 1. The quantitative estimate of drug-likeness (QED) is 0.745. The van der Waals surface area contributed by atoms with Gasteiger partial charge in [-0.2, -0.15) is 0 Å². The molecule has 0 aliphatic carbocycles. The molecule has 0 radical (unpaired) electrons. The van der Waals surface area contributed by atoms with E-state index in [1.165, 1.54) is 5.56 Å². The van der Waals surface area contributed by atoms with Crippen molar-refractivity contribution in [2.45, 2.75) is 32.6 Å². The Balaban J connectivity index is 3.06. The first-order chi connectivity index (χ1) is 6.72. The molecule has 0 unspecified atom stereocenters. The van der Waals surface area contributed by atoms with Crippen LogP contribution in [0.15, 0.2) is 18.2 Å². The Hall–Kier alpha value is -1.18. The Bertz CT molecular complexity index is 292. The van der Waals surface area contributed by atoms with Crippen LogP contribution < -0.4 is 10.5 Å². The van der Waals surface area contributed by atoms with Crippen LogP contribution in [0.1, 0.15) is 38.2 Å². The average molecular weight is 193 g/mol. The lowest BCUT2D eigenvalue weighted by atomic mass is 9.93. The number of methoxy groups -OCH3 is 1. The maximum Gasteiger partial charge on any atom is 0.124 e. The Morgan fingerprint density at radius 3 is 2.43 bits per heavy atom. The van der Waals surface area contributed by atoms with Crippen LogP contribution in [0.25, 0.3) is 0 Å². The molecule has 0 bridgehead atoms. The van der Waals surface area contributed by atoms with Gasteiger partial charge in [0.25, 0.3) is 0 Å². The van der Waals surface area contributed by atoms with Crippen LogP contribution in [0.4, 0.5) is 5.69 Å². The summed E-state index contributed by atoms with van der Waals surface area (Å²) in [5, 5.41) is 0. The van der Waals surface area contributed by atoms with Crippen LogP contribution in [0, 0.1) is 0 Å². The van der Waals surface area contributed by atoms with E-state index in [1.807, 2.05) is 12.1 Å². The number of ether oxygens (including phenoxy) is 1. The van der Waals surface area contributed by atoms with Crippen molar-refractivity contribution in [1.82, 2.24) is 0 Å². The highest BCUT2D eigenvalue weighted by atomic mass is 16.5. The van der Waals surface area contributed by atoms with Crippen LogP contribution >= 0.6 is 0 Å². The van der Waals surface area contributed by atoms with Gasteiger partial charge in [0.1, 0.15) is 5.75 Å². The molecule has 0 aliphatic heterocycles. The van der Waals surface area contributed by atoms with Gasteiger partial charge in [-0.3, -0.25) is 0 Å². The van der Waals surface area contributed by atoms with E-state index in [0.29, 0.717) is 5.92 Å². The second-order valence-corrected chi connectivity index (χ2v) is 3.51. The SMILES string of the molecule is CCC(CC)c1ccc(N)cc1OC. The molecule has 0 saturated carbocycles. The summed E-state index contributed by atoms with van der Waals surface area (Å²) in [4.78, 5) is 0. The van der Waals surface area contributed by atoms with E-state index in [2.05, 4.69) is 19.9 Å². The second-order valence-electron chi connectivity index (χ2n) is 3.51. The van der Waals surface area contributed by atoms with Gasteiger partial charge in [0.2, 0.25) is 0 Å². The summed E-state index contributed by atoms with van der Waals surface area (Å²) in [5.41, 5.74) is 7.74. The molecule has 0 spiro atoms. The molecule has 0 saturated heterocycles. The van der Waals surface area contributed by atoms with Crippen LogP contribution in [0.5, 0.6) is 5.75 Å². The number of rotatable bonds is 4. The molecule has 2 heteroatoms. The van der Waals surface area contributed by atoms with Gasteiger partial charge in [0.05, 0.1) is 7.11 Å². The number of benzene rings is 1. The zero-order chi connectivity index (χ0) is 10.6. The molecule has 0 amide bonds. The topological polar surface area (TPSA) is 35.2 Å². The average Bonchev–Trinajstić information content (AvgIpc) is 2.21. The molecule has 2 N–H and O–H groups in total. The van der Waals surface area contributed by atoms with Crippen molar-refractivity contribution in [1.29, 1.82) is 0 Å². The van der Waals surface area contributed by atoms with Crippen molar-refractivity contribution in [3.8, 4) is 5.75 Å². The van der Waals surface area contributed by atoms with Gasteiger partial charge in [0, 0.05) is 11.8 Å². The van der Waals surface area contributed by atoms with Crippen molar-refractivity contribution in [3.63, 3.8) is 0 Å². The third-order valence-corrected chi connectivity index (χ3v) is 2.68. The van der Waals surface area contributed by atoms with E-state index in [1.54, 1.807) is 7.11 Å². The number of nitrogen functional groups attached to an aromatic ring is 1. The third-order valence-electron chi connectivity index (χ3n) is 2.68. The molecule has 0 aromatic heterocycles. The molecule has 1 aromatic rings. The van der Waals surface area contributed by atoms with E-state index in [9.17, 15) is 0 Å². The van der Waals surface area contributed by atoms with Gasteiger partial charge in [-0.15, -0.1) is 0 Å². The fourth-order valence-corrected chi connectivity index (χ4v) is 1.79. The first-order valence-electron chi connectivity index (χ1n) is 5.16. The molecule has 14 heavy (non-hydrogen) atoms. The summed E-state index contributed by atoms with van der Waals surface area (Å²) in [7, 11) is 1.70. The summed E-state index contributed by atoms with van der Waals surface area (Å²) in [5.74, 6) is 1.49. The highest BCUT2D eigenvalue weighted by Crippen LogP contribution is 2.32. The van der Waals surface area contributed by atoms with Crippen LogP contribution in [-0.4, -0.2) is 7.11 Å². The standard InChI is InChI=1S/C12H19NO/c1-4-9(5-2)11-7-6-10(13)8-12(11)14-3/h6-9H,4-5,13H2,1-3H3. The molecule has 0 aliphatic rings. The highest BCUT2D eigenvalue weighted by Gasteiger charge is 2.12. The highest BCUT2D eigenvalue weighted by molar-refractivity contribution is 5.49. The zero-order valence-electron chi connectivity index (χ0n) is 9.21. The maximum atomic E-state index is 5.71. The lowest BCUT2D eigenvalue weighted by molar-refractivity contribution is 0.404. The molecule has 0 atom stereocenters. The number of anilines is 1. The fraction of sp³-hybridized carbons (Fsp3) is 0.500. The van der Waals surface area contributed by atoms with Gasteiger partial charge < -0.3 is 10.5 Å². The molecule has 0 heterocycles. The van der Waals surface area contributed by atoms with Crippen molar-refractivity contribution in [2.75, 3.05) is 12.8 Å². The van der Waals surface area contributed by atoms with Gasteiger partial charge in [-0.1, -0.05) is 19.9 Å². The van der Waals surface area contributed by atoms with E-state index < -0.39 is 0 Å². The first kappa shape index (κ1) is 10.9. The molecular weight excluding hydrogens is 174 g/mol. The van der Waals surface area contributed by atoms with Crippen LogP contribution in [0.2, 0.25) is 0 Å². The predicted octanol–water partition coefficient (Wildman–Crippen LogP) is 3.18. The molecule has 0 fully saturated rings. The Morgan fingerprint density at radius 1 is 1.29 bits per heavy atom. The Kier molecular flexibility index (Phi) is 3.81. The summed E-state index contributed by atoms with van der Waals surface area (Å²) in [6.45, 7) is 4.40. The summed E-state index contributed by atoms with van der Waals surface area (Å²) >= 11 is 0. The van der Waals surface area contributed by atoms with Crippen LogP contribution in [0.3, 0.4) is 0 Å². The third kappa shape index (κ3) is 2.19.